The Balaban J connectivity index is 2.46. The fourth-order valence-corrected chi connectivity index (χ4v) is 2.55. The van der Waals surface area contributed by atoms with E-state index in [1.54, 1.807) is 38.3 Å². The number of hydrogen-bond acceptors (Lipinski definition) is 5. The molecule has 0 saturated heterocycles. The molecule has 112 valence electrons. The summed E-state index contributed by atoms with van der Waals surface area (Å²) in [6, 6.07) is 5.24. The summed E-state index contributed by atoms with van der Waals surface area (Å²) in [5, 5.41) is 1.59. The fraction of sp³-hybridized carbons (Fsp3) is 0.333. The number of furan rings is 1. The van der Waals surface area contributed by atoms with Gasteiger partial charge in [-0.05, 0) is 37.6 Å². The predicted molar refractivity (Wildman–Crippen MR) is 81.6 cm³/mol. The van der Waals surface area contributed by atoms with E-state index >= 15 is 0 Å². The van der Waals surface area contributed by atoms with Gasteiger partial charge in [-0.25, -0.2) is 0 Å². The lowest BCUT2D eigenvalue weighted by Gasteiger charge is -2.15. The first kappa shape index (κ1) is 15.5. The molecule has 0 bridgehead atoms. The van der Waals surface area contributed by atoms with Crippen LogP contribution in [-0.4, -0.2) is 25.2 Å². The number of esters is 2. The van der Waals surface area contributed by atoms with Crippen LogP contribution in [0.1, 0.15) is 25.3 Å². The normalized spacial score (nSPS) is 10.9. The van der Waals surface area contributed by atoms with Gasteiger partial charge in [-0.3, -0.25) is 9.59 Å². The van der Waals surface area contributed by atoms with Gasteiger partial charge in [0, 0.05) is 10.7 Å². The highest BCUT2D eigenvalue weighted by Crippen LogP contribution is 2.25. The number of benzene rings is 1. The first-order valence-corrected chi connectivity index (χ1v) is 7.26. The zero-order chi connectivity index (χ0) is 15.4. The van der Waals surface area contributed by atoms with Crippen LogP contribution in [0.3, 0.4) is 0 Å². The van der Waals surface area contributed by atoms with E-state index in [-0.39, 0.29) is 13.2 Å². The van der Waals surface area contributed by atoms with Crippen LogP contribution in [0, 0.1) is 0 Å². The van der Waals surface area contributed by atoms with Crippen molar-refractivity contribution in [3.8, 4) is 0 Å². The maximum absolute atomic E-state index is 12.1. The minimum atomic E-state index is -1.08. The molecule has 5 nitrogen and oxygen atoms in total. The van der Waals surface area contributed by atoms with Crippen LogP contribution in [0.25, 0.3) is 11.0 Å². The molecule has 0 aliphatic heterocycles. The highest BCUT2D eigenvalue weighted by molar-refractivity contribution is 7.28. The molecule has 0 amide bonds. The minimum absolute atomic E-state index is 0.205. The van der Waals surface area contributed by atoms with Crippen molar-refractivity contribution in [3.05, 3.63) is 30.0 Å². The standard InChI is InChI=1S/C15H17O5P/c1-3-18-14(16)12(15(17)19-4-2)10-7-9-5-6-20-13(9)11(21)8-10/h5-8,12H,3-4,21H2,1-2H3. The number of ether oxygens (including phenoxy) is 2. The van der Waals surface area contributed by atoms with Gasteiger partial charge in [-0.2, -0.15) is 0 Å². The van der Waals surface area contributed by atoms with Crippen LogP contribution in [0.15, 0.2) is 28.9 Å². The van der Waals surface area contributed by atoms with Crippen molar-refractivity contribution in [3.63, 3.8) is 0 Å². The monoisotopic (exact) mass is 308 g/mol. The second-order valence-corrected chi connectivity index (χ2v) is 5.01. The molecule has 1 aromatic heterocycles. The Bertz CT molecular complexity index is 643. The van der Waals surface area contributed by atoms with Crippen LogP contribution in [0.4, 0.5) is 0 Å². The lowest BCUT2D eigenvalue weighted by Crippen LogP contribution is -2.26. The lowest BCUT2D eigenvalue weighted by molar-refractivity contribution is -0.156. The van der Waals surface area contributed by atoms with E-state index in [1.165, 1.54) is 0 Å². The molecule has 0 spiro atoms. The minimum Gasteiger partial charge on any atom is -0.465 e. The molecule has 0 saturated carbocycles. The van der Waals surface area contributed by atoms with Crippen LogP contribution in [-0.2, 0) is 19.1 Å². The number of fused-ring (bicyclic) bond motifs is 1. The Morgan fingerprint density at radius 3 is 2.38 bits per heavy atom. The smallest absolute Gasteiger partial charge is 0.324 e. The summed E-state index contributed by atoms with van der Waals surface area (Å²) < 4.78 is 15.3. The van der Waals surface area contributed by atoms with Crippen molar-refractivity contribution < 1.29 is 23.5 Å². The van der Waals surface area contributed by atoms with Gasteiger partial charge >= 0.3 is 11.9 Å². The van der Waals surface area contributed by atoms with Gasteiger partial charge in [0.25, 0.3) is 0 Å². The third-order valence-electron chi connectivity index (χ3n) is 2.98. The van der Waals surface area contributed by atoms with Gasteiger partial charge in [-0.1, -0.05) is 0 Å². The van der Waals surface area contributed by atoms with Crippen molar-refractivity contribution >= 4 is 37.5 Å². The van der Waals surface area contributed by atoms with Crippen molar-refractivity contribution in [2.24, 2.45) is 0 Å². The van der Waals surface area contributed by atoms with Gasteiger partial charge < -0.3 is 13.9 Å². The summed E-state index contributed by atoms with van der Waals surface area (Å²) in [5.41, 5.74) is 1.24. The predicted octanol–water partition coefficient (Wildman–Crippen LogP) is 2.14. The van der Waals surface area contributed by atoms with Crippen LogP contribution in [0.2, 0.25) is 0 Å². The largest absolute Gasteiger partial charge is 0.465 e. The van der Waals surface area contributed by atoms with E-state index in [4.69, 9.17) is 13.9 Å². The molecule has 0 aliphatic carbocycles. The zero-order valence-corrected chi connectivity index (χ0v) is 13.1. The maximum atomic E-state index is 12.1. The van der Waals surface area contributed by atoms with E-state index in [0.29, 0.717) is 11.1 Å². The lowest BCUT2D eigenvalue weighted by atomic mass is 9.98. The molecular weight excluding hydrogens is 291 g/mol. The SMILES string of the molecule is CCOC(=O)C(C(=O)OCC)c1cc(P)c2occc2c1. The Hall–Kier alpha value is -1.87. The molecule has 0 N–H and O–H groups in total. The van der Waals surface area contributed by atoms with Crippen LogP contribution < -0.4 is 5.30 Å². The quantitative estimate of drug-likeness (QED) is 0.481. The first-order valence-electron chi connectivity index (χ1n) is 6.68. The maximum Gasteiger partial charge on any atom is 0.324 e. The molecule has 1 heterocycles. The second-order valence-electron chi connectivity index (χ2n) is 4.39. The molecular formula is C15H17O5P. The van der Waals surface area contributed by atoms with Crippen LogP contribution >= 0.6 is 9.24 Å². The molecule has 0 radical (unpaired) electrons. The van der Waals surface area contributed by atoms with Gasteiger partial charge in [0.05, 0.1) is 19.5 Å². The highest BCUT2D eigenvalue weighted by atomic mass is 31.0. The van der Waals surface area contributed by atoms with Crippen molar-refractivity contribution in [1.29, 1.82) is 0 Å². The van der Waals surface area contributed by atoms with E-state index in [0.717, 1.165) is 10.7 Å². The Labute approximate surface area is 124 Å². The average molecular weight is 308 g/mol. The van der Waals surface area contributed by atoms with Gasteiger partial charge in [0.2, 0.25) is 0 Å². The molecule has 0 aliphatic rings. The summed E-state index contributed by atoms with van der Waals surface area (Å²) in [7, 11) is 2.53. The molecule has 2 rings (SSSR count). The number of carbonyl (C=O) groups excluding carboxylic acids is 2. The summed E-state index contributed by atoms with van der Waals surface area (Å²) in [6.45, 7) is 3.80. The highest BCUT2D eigenvalue weighted by Gasteiger charge is 2.32. The van der Waals surface area contributed by atoms with E-state index in [2.05, 4.69) is 9.24 Å². The third kappa shape index (κ3) is 3.24. The summed E-state index contributed by atoms with van der Waals surface area (Å²) in [5.74, 6) is -2.30. The Morgan fingerprint density at radius 1 is 1.19 bits per heavy atom. The van der Waals surface area contributed by atoms with Gasteiger partial charge in [0.15, 0.2) is 5.92 Å². The molecule has 1 aromatic carbocycles. The third-order valence-corrected chi connectivity index (χ3v) is 3.41. The topological polar surface area (TPSA) is 65.7 Å². The first-order chi connectivity index (χ1) is 10.1. The van der Waals surface area contributed by atoms with E-state index < -0.39 is 17.9 Å². The van der Waals surface area contributed by atoms with Crippen LogP contribution in [0.5, 0.6) is 0 Å². The van der Waals surface area contributed by atoms with Crippen molar-refractivity contribution in [2.45, 2.75) is 19.8 Å². The van der Waals surface area contributed by atoms with Crippen molar-refractivity contribution in [1.82, 2.24) is 0 Å². The number of carbonyl (C=O) groups is 2. The van der Waals surface area contributed by atoms with Gasteiger partial charge in [-0.15, -0.1) is 9.24 Å². The molecule has 0 fully saturated rings. The molecule has 2 aromatic rings. The van der Waals surface area contributed by atoms with Gasteiger partial charge in [0.1, 0.15) is 5.58 Å². The number of rotatable bonds is 5. The Kier molecular flexibility index (Phi) is 4.97. The number of hydrogen-bond donors (Lipinski definition) is 0. The molecule has 1 unspecified atom stereocenters. The molecule has 1 atom stereocenters. The molecule has 21 heavy (non-hydrogen) atoms. The average Bonchev–Trinajstić information content (AvgIpc) is 2.88. The van der Waals surface area contributed by atoms with E-state index in [1.807, 2.05) is 0 Å². The molecule has 6 heteroatoms. The Morgan fingerprint density at radius 2 is 1.81 bits per heavy atom. The van der Waals surface area contributed by atoms with E-state index in [9.17, 15) is 9.59 Å². The summed E-state index contributed by atoms with van der Waals surface area (Å²) in [6.07, 6.45) is 1.56. The zero-order valence-electron chi connectivity index (χ0n) is 11.9. The summed E-state index contributed by atoms with van der Waals surface area (Å²) >= 11 is 0. The second kappa shape index (κ2) is 6.72. The fourth-order valence-electron chi connectivity index (χ4n) is 2.12. The van der Waals surface area contributed by atoms with Crippen molar-refractivity contribution in [2.75, 3.05) is 13.2 Å². The summed E-state index contributed by atoms with van der Waals surface area (Å²) in [4.78, 5) is 24.2.